The molecule has 1 aromatic rings. The van der Waals surface area contributed by atoms with Crippen LogP contribution in [0.25, 0.3) is 0 Å². The Morgan fingerprint density at radius 3 is 1.78 bits per heavy atom. The molecule has 0 aliphatic heterocycles. The van der Waals surface area contributed by atoms with E-state index < -0.39 is 40.4 Å². The fraction of sp³-hybridized carbons (Fsp3) is 0.588. The molecule has 0 aromatic heterocycles. The van der Waals surface area contributed by atoms with E-state index in [4.69, 9.17) is 4.74 Å². The number of rotatable bonds is 2. The summed E-state index contributed by atoms with van der Waals surface area (Å²) in [7, 11) is 0. The van der Waals surface area contributed by atoms with Crippen LogP contribution in [0.3, 0.4) is 0 Å². The maximum absolute atomic E-state index is 13.7. The summed E-state index contributed by atoms with van der Waals surface area (Å²) in [5.74, 6) is -7.60. The normalized spacial score (nSPS) is 34.7. The first kappa shape index (κ1) is 15.0. The van der Waals surface area contributed by atoms with Gasteiger partial charge in [-0.15, -0.1) is 0 Å². The van der Waals surface area contributed by atoms with E-state index in [9.17, 15) is 22.4 Å². The van der Waals surface area contributed by atoms with Gasteiger partial charge in [0.25, 0.3) is 0 Å². The number of halogens is 4. The van der Waals surface area contributed by atoms with Gasteiger partial charge < -0.3 is 4.74 Å². The SMILES string of the molecule is O=C(Oc1c(F)c(F)[c]c(F)c1F)C12CC3CC(CC(C3)C1)C2. The highest BCUT2D eigenvalue weighted by Crippen LogP contribution is 2.60. The van der Waals surface area contributed by atoms with Crippen LogP contribution in [-0.4, -0.2) is 5.97 Å². The second-order valence-electron chi connectivity index (χ2n) is 7.30. The second-order valence-corrected chi connectivity index (χ2v) is 7.30. The lowest BCUT2D eigenvalue weighted by atomic mass is 9.49. The molecule has 0 spiro atoms. The maximum Gasteiger partial charge on any atom is 0.317 e. The average Bonchev–Trinajstić information content (AvgIpc) is 2.48. The molecule has 23 heavy (non-hydrogen) atoms. The molecule has 123 valence electrons. The van der Waals surface area contributed by atoms with E-state index in [2.05, 4.69) is 0 Å². The lowest BCUT2D eigenvalue weighted by molar-refractivity contribution is -0.162. The molecule has 1 aromatic carbocycles. The Labute approximate surface area is 130 Å². The summed E-state index contributed by atoms with van der Waals surface area (Å²) in [4.78, 5) is 12.6. The van der Waals surface area contributed by atoms with Gasteiger partial charge in [0.2, 0.25) is 17.4 Å². The van der Waals surface area contributed by atoms with Crippen LogP contribution in [0.4, 0.5) is 17.6 Å². The smallest absolute Gasteiger partial charge is 0.317 e. The summed E-state index contributed by atoms with van der Waals surface area (Å²) in [5.41, 5.74) is -0.764. The van der Waals surface area contributed by atoms with Crippen molar-refractivity contribution in [3.8, 4) is 5.75 Å². The van der Waals surface area contributed by atoms with Gasteiger partial charge in [-0.25, -0.2) is 8.78 Å². The Hall–Kier alpha value is -1.59. The lowest BCUT2D eigenvalue weighted by Crippen LogP contribution is -2.51. The minimum absolute atomic E-state index is 0.432. The second kappa shape index (κ2) is 4.95. The standard InChI is InChI=1S/C17H15F4O2/c18-11-4-12(19)14(21)15(13(11)20)23-16(22)17-5-8-1-9(6-17)3-10(2-8)7-17/h8-10H,1-3,5-7H2. The molecule has 0 N–H and O–H groups in total. The molecule has 4 aliphatic carbocycles. The summed E-state index contributed by atoms with van der Waals surface area (Å²) < 4.78 is 58.6. The van der Waals surface area contributed by atoms with E-state index in [-0.39, 0.29) is 0 Å². The van der Waals surface area contributed by atoms with E-state index in [1.54, 1.807) is 0 Å². The Kier molecular flexibility index (Phi) is 3.22. The van der Waals surface area contributed by atoms with Crippen LogP contribution >= 0.6 is 0 Å². The number of esters is 1. The lowest BCUT2D eigenvalue weighted by Gasteiger charge is -2.55. The Bertz CT molecular complexity index is 624. The van der Waals surface area contributed by atoms with E-state index >= 15 is 0 Å². The van der Waals surface area contributed by atoms with Gasteiger partial charge in [0.1, 0.15) is 0 Å². The minimum atomic E-state index is -1.72. The largest absolute Gasteiger partial charge is 0.420 e. The highest BCUT2D eigenvalue weighted by atomic mass is 19.2. The van der Waals surface area contributed by atoms with Crippen molar-refractivity contribution in [1.29, 1.82) is 0 Å². The van der Waals surface area contributed by atoms with Gasteiger partial charge >= 0.3 is 5.97 Å². The summed E-state index contributed by atoms with van der Waals surface area (Å²) in [6, 6.07) is 1.28. The van der Waals surface area contributed by atoms with Crippen molar-refractivity contribution in [3.63, 3.8) is 0 Å². The summed E-state index contributed by atoms with van der Waals surface area (Å²) in [6.07, 6.45) is 5.14. The van der Waals surface area contributed by atoms with Crippen molar-refractivity contribution < 1.29 is 27.1 Å². The van der Waals surface area contributed by atoms with Crippen molar-refractivity contribution in [2.45, 2.75) is 38.5 Å². The van der Waals surface area contributed by atoms with Gasteiger partial charge in [-0.3, -0.25) is 4.79 Å². The Morgan fingerprint density at radius 1 is 0.913 bits per heavy atom. The molecule has 6 heteroatoms. The van der Waals surface area contributed by atoms with Gasteiger partial charge in [-0.2, -0.15) is 8.78 Å². The molecule has 0 amide bonds. The number of carbonyl (C=O) groups excluding carboxylic acids is 1. The monoisotopic (exact) mass is 327 g/mol. The van der Waals surface area contributed by atoms with Crippen molar-refractivity contribution in [2.24, 2.45) is 23.2 Å². The molecule has 2 nitrogen and oxygen atoms in total. The zero-order chi connectivity index (χ0) is 16.4. The molecule has 4 fully saturated rings. The van der Waals surface area contributed by atoms with E-state index in [0.717, 1.165) is 19.3 Å². The third-order valence-electron chi connectivity index (χ3n) is 5.67. The molecule has 0 saturated heterocycles. The number of benzene rings is 1. The topological polar surface area (TPSA) is 26.3 Å². The van der Waals surface area contributed by atoms with E-state index in [0.29, 0.717) is 37.0 Å². The Balaban J connectivity index is 1.64. The first-order chi connectivity index (χ1) is 10.9. The quantitative estimate of drug-likeness (QED) is 0.353. The maximum atomic E-state index is 13.7. The molecule has 0 atom stereocenters. The molecular weight excluding hydrogens is 312 g/mol. The van der Waals surface area contributed by atoms with Gasteiger partial charge in [-0.1, -0.05) is 0 Å². The fourth-order valence-corrected chi connectivity index (χ4v) is 5.15. The molecule has 4 aliphatic rings. The number of hydrogen-bond donors (Lipinski definition) is 0. The molecular formula is C17H15F4O2. The molecule has 4 saturated carbocycles. The number of carbonyl (C=O) groups is 1. The van der Waals surface area contributed by atoms with Crippen molar-refractivity contribution >= 4 is 5.97 Å². The summed E-state index contributed by atoms with van der Waals surface area (Å²) >= 11 is 0. The number of hydrogen-bond acceptors (Lipinski definition) is 2. The van der Waals surface area contributed by atoms with E-state index in [1.165, 1.54) is 6.07 Å². The minimum Gasteiger partial charge on any atom is -0.420 e. The highest BCUT2D eigenvalue weighted by molar-refractivity contribution is 5.80. The van der Waals surface area contributed by atoms with Crippen molar-refractivity contribution in [3.05, 3.63) is 29.3 Å². The zero-order valence-electron chi connectivity index (χ0n) is 12.3. The van der Waals surface area contributed by atoms with Crippen molar-refractivity contribution in [1.82, 2.24) is 0 Å². The summed E-state index contributed by atoms with van der Waals surface area (Å²) in [5, 5.41) is 0. The highest BCUT2D eigenvalue weighted by Gasteiger charge is 2.55. The molecule has 5 rings (SSSR count). The predicted molar refractivity (Wildman–Crippen MR) is 71.4 cm³/mol. The van der Waals surface area contributed by atoms with Crippen LogP contribution in [0.15, 0.2) is 0 Å². The van der Waals surface area contributed by atoms with Crippen LogP contribution in [-0.2, 0) is 4.79 Å². The van der Waals surface area contributed by atoms with Crippen LogP contribution in [0, 0.1) is 52.5 Å². The molecule has 4 bridgehead atoms. The predicted octanol–water partition coefficient (Wildman–Crippen LogP) is 4.16. The van der Waals surface area contributed by atoms with Gasteiger partial charge in [0.15, 0.2) is 11.6 Å². The molecule has 1 radical (unpaired) electrons. The van der Waals surface area contributed by atoms with Crippen LogP contribution in [0.1, 0.15) is 38.5 Å². The van der Waals surface area contributed by atoms with Crippen molar-refractivity contribution in [2.75, 3.05) is 0 Å². The van der Waals surface area contributed by atoms with Gasteiger partial charge in [0.05, 0.1) is 11.5 Å². The fourth-order valence-electron chi connectivity index (χ4n) is 5.15. The van der Waals surface area contributed by atoms with Crippen LogP contribution in [0.5, 0.6) is 5.75 Å². The average molecular weight is 327 g/mol. The zero-order valence-corrected chi connectivity index (χ0v) is 12.3. The Morgan fingerprint density at radius 2 is 1.35 bits per heavy atom. The summed E-state index contributed by atoms with van der Waals surface area (Å²) in [6.45, 7) is 0. The molecule has 0 unspecified atom stereocenters. The van der Waals surface area contributed by atoms with E-state index in [1.807, 2.05) is 0 Å². The van der Waals surface area contributed by atoms with Crippen LogP contribution < -0.4 is 4.74 Å². The van der Waals surface area contributed by atoms with Crippen LogP contribution in [0.2, 0.25) is 0 Å². The third-order valence-corrected chi connectivity index (χ3v) is 5.67. The number of ether oxygens (including phenoxy) is 1. The first-order valence-corrected chi connectivity index (χ1v) is 7.85. The van der Waals surface area contributed by atoms with Gasteiger partial charge in [0, 0.05) is 0 Å². The first-order valence-electron chi connectivity index (χ1n) is 7.85. The molecule has 0 heterocycles. The van der Waals surface area contributed by atoms with Gasteiger partial charge in [-0.05, 0) is 56.3 Å². The third kappa shape index (κ3) is 2.25.